The average Bonchev–Trinajstić information content (AvgIpc) is 3.46. The number of furan rings is 1. The van der Waals surface area contributed by atoms with E-state index < -0.39 is 31.8 Å². The van der Waals surface area contributed by atoms with Gasteiger partial charge in [-0.2, -0.15) is 4.89 Å². The summed E-state index contributed by atoms with van der Waals surface area (Å²) in [5.74, 6) is -1.10. The highest BCUT2D eigenvalue weighted by Crippen LogP contribution is 2.28. The van der Waals surface area contributed by atoms with Crippen molar-refractivity contribution in [2.75, 3.05) is 13.3 Å². The van der Waals surface area contributed by atoms with Crippen LogP contribution in [0.1, 0.15) is 42.8 Å². The first-order valence-electron chi connectivity index (χ1n) is 12.8. The Hall–Kier alpha value is -4.05. The Morgan fingerprint density at radius 3 is 2.50 bits per heavy atom. The molecular formula is C28H33N3O8P+. The Bertz CT molecular complexity index is 1310. The average molecular weight is 571 g/mol. The topological polar surface area (TPSA) is 158 Å². The molecule has 2 aromatic carbocycles. The maximum Gasteiger partial charge on any atom is 0.546 e. The third kappa shape index (κ3) is 8.22. The van der Waals surface area contributed by atoms with Gasteiger partial charge in [0, 0.05) is 17.7 Å². The first kappa shape index (κ1) is 30.5. The Morgan fingerprint density at radius 2 is 1.85 bits per heavy atom. The minimum absolute atomic E-state index is 0.0319. The van der Waals surface area contributed by atoms with E-state index in [1.54, 1.807) is 26.0 Å². The number of carbonyl (C=O) groups excluding carboxylic acids is 3. The van der Waals surface area contributed by atoms with E-state index in [0.29, 0.717) is 42.2 Å². The lowest BCUT2D eigenvalue weighted by molar-refractivity contribution is -0.168. The van der Waals surface area contributed by atoms with Crippen LogP contribution in [0.3, 0.4) is 0 Å². The molecule has 0 saturated heterocycles. The van der Waals surface area contributed by atoms with Gasteiger partial charge in [-0.05, 0) is 54.5 Å². The predicted octanol–water partition coefficient (Wildman–Crippen LogP) is 3.38. The smallest absolute Gasteiger partial charge is 0.494 e. The SMILES string of the molecule is CCOc1cc(-c2ccc(C(=O)NCNC(=O)[C@H](CCc3ccccc3)[C@@H](CC)N(O)C=O)o2)cc([P+](=O)O)c1. The van der Waals surface area contributed by atoms with Crippen LogP contribution >= 0.6 is 8.03 Å². The second-order valence-corrected chi connectivity index (χ2v) is 9.96. The summed E-state index contributed by atoms with van der Waals surface area (Å²) < 4.78 is 22.8. The second kappa shape index (κ2) is 14.9. The molecule has 3 amide bonds. The number of hydrogen-bond donors (Lipinski definition) is 4. The number of carbonyl (C=O) groups is 3. The molecule has 0 aliphatic rings. The van der Waals surface area contributed by atoms with Gasteiger partial charge < -0.3 is 19.8 Å². The number of benzene rings is 2. The van der Waals surface area contributed by atoms with Crippen molar-refractivity contribution in [3.05, 3.63) is 72.0 Å². The van der Waals surface area contributed by atoms with Crippen molar-refractivity contribution >= 4 is 31.6 Å². The molecule has 3 rings (SSSR count). The number of nitrogens with one attached hydrogen (secondary N) is 2. The summed E-state index contributed by atoms with van der Waals surface area (Å²) >= 11 is 0. The van der Waals surface area contributed by atoms with Crippen LogP contribution in [0.25, 0.3) is 11.3 Å². The molecule has 0 radical (unpaired) electrons. The number of hydrogen-bond acceptors (Lipinski definition) is 7. The molecule has 0 fully saturated rings. The van der Waals surface area contributed by atoms with Crippen LogP contribution in [0, 0.1) is 5.92 Å². The van der Waals surface area contributed by atoms with Crippen molar-refractivity contribution in [2.45, 2.75) is 39.2 Å². The first-order valence-corrected chi connectivity index (χ1v) is 14.0. The van der Waals surface area contributed by atoms with Crippen molar-refractivity contribution in [2.24, 2.45) is 5.92 Å². The normalized spacial score (nSPS) is 12.7. The molecular weight excluding hydrogens is 537 g/mol. The fourth-order valence-corrected chi connectivity index (χ4v) is 4.82. The van der Waals surface area contributed by atoms with Crippen LogP contribution < -0.4 is 20.7 Å². The molecule has 3 atom stereocenters. The van der Waals surface area contributed by atoms with Gasteiger partial charge in [-0.25, -0.2) is 5.06 Å². The standard InChI is InChI=1S/C28H32N3O8P/c1-3-24(31(35)18-32)23(11-10-19-8-6-5-7-9-19)27(33)29-17-30-28(34)26-13-12-25(39-26)20-14-21(38-4-2)16-22(15-20)40(36)37/h5-9,12-16,18,23-24,35H,3-4,10-11,17H2,1-2H3,(H2-,29,30,33,34,36,37)/p+1/t23-,24-/m1/s1. The molecule has 11 nitrogen and oxygen atoms in total. The van der Waals surface area contributed by atoms with E-state index >= 15 is 0 Å². The Morgan fingerprint density at radius 1 is 1.10 bits per heavy atom. The third-order valence-electron chi connectivity index (χ3n) is 6.30. The lowest BCUT2D eigenvalue weighted by atomic mass is 9.90. The Balaban J connectivity index is 1.65. The van der Waals surface area contributed by atoms with E-state index in [0.717, 1.165) is 5.56 Å². The van der Waals surface area contributed by atoms with E-state index in [2.05, 4.69) is 10.6 Å². The monoisotopic (exact) mass is 570 g/mol. The minimum atomic E-state index is -2.61. The molecule has 4 N–H and O–H groups in total. The van der Waals surface area contributed by atoms with Crippen molar-refractivity contribution < 1.29 is 38.2 Å². The Kier molecular flexibility index (Phi) is 11.4. The van der Waals surface area contributed by atoms with Crippen LogP contribution in [0.15, 0.2) is 65.1 Å². The zero-order valence-electron chi connectivity index (χ0n) is 22.3. The Labute approximate surface area is 233 Å². The highest BCUT2D eigenvalue weighted by atomic mass is 31.1. The molecule has 1 heterocycles. The van der Waals surface area contributed by atoms with Gasteiger partial charge in [0.05, 0.1) is 25.2 Å². The molecule has 3 aromatic rings. The van der Waals surface area contributed by atoms with Gasteiger partial charge in [-0.3, -0.25) is 19.6 Å². The third-order valence-corrected chi connectivity index (χ3v) is 7.00. The van der Waals surface area contributed by atoms with E-state index in [9.17, 15) is 29.0 Å². The van der Waals surface area contributed by atoms with Crippen molar-refractivity contribution in [3.8, 4) is 17.1 Å². The molecule has 0 bridgehead atoms. The van der Waals surface area contributed by atoms with Gasteiger partial charge in [0.15, 0.2) is 5.76 Å². The lowest BCUT2D eigenvalue weighted by Crippen LogP contribution is -2.47. The molecule has 12 heteroatoms. The van der Waals surface area contributed by atoms with Crippen molar-refractivity contribution in [3.63, 3.8) is 0 Å². The lowest BCUT2D eigenvalue weighted by Gasteiger charge is -2.29. The fourth-order valence-electron chi connectivity index (χ4n) is 4.33. The number of aryl methyl sites for hydroxylation is 1. The minimum Gasteiger partial charge on any atom is -0.494 e. The fraction of sp³-hybridized carbons (Fsp3) is 0.321. The van der Waals surface area contributed by atoms with Crippen LogP contribution in [0.4, 0.5) is 0 Å². The van der Waals surface area contributed by atoms with Crippen molar-refractivity contribution in [1.82, 2.24) is 15.7 Å². The summed E-state index contributed by atoms with van der Waals surface area (Å²) in [6, 6.07) is 16.4. The summed E-state index contributed by atoms with van der Waals surface area (Å²) in [6.45, 7) is 3.70. The largest absolute Gasteiger partial charge is 0.546 e. The van der Waals surface area contributed by atoms with Gasteiger partial charge in [-0.15, -0.1) is 0 Å². The van der Waals surface area contributed by atoms with Crippen molar-refractivity contribution in [1.29, 1.82) is 0 Å². The molecule has 40 heavy (non-hydrogen) atoms. The predicted molar refractivity (Wildman–Crippen MR) is 147 cm³/mol. The first-order chi connectivity index (χ1) is 19.3. The molecule has 0 spiro atoms. The van der Waals surface area contributed by atoms with E-state index in [4.69, 9.17) is 9.15 Å². The zero-order chi connectivity index (χ0) is 29.1. The van der Waals surface area contributed by atoms with Gasteiger partial charge in [0.1, 0.15) is 11.5 Å². The van der Waals surface area contributed by atoms with Crippen LogP contribution in [-0.2, 0) is 20.6 Å². The van der Waals surface area contributed by atoms with E-state index in [-0.39, 0.29) is 29.9 Å². The maximum absolute atomic E-state index is 13.1. The zero-order valence-corrected chi connectivity index (χ0v) is 23.2. The summed E-state index contributed by atoms with van der Waals surface area (Å²) in [6.07, 6.45) is 1.55. The molecule has 0 aliphatic carbocycles. The summed E-state index contributed by atoms with van der Waals surface area (Å²) in [5, 5.41) is 15.9. The van der Waals surface area contributed by atoms with Gasteiger partial charge in [0.25, 0.3) is 5.91 Å². The van der Waals surface area contributed by atoms with Gasteiger partial charge in [0.2, 0.25) is 17.6 Å². The number of amides is 3. The summed E-state index contributed by atoms with van der Waals surface area (Å²) in [4.78, 5) is 46.5. The molecule has 1 aromatic heterocycles. The highest BCUT2D eigenvalue weighted by molar-refractivity contribution is 7.47. The van der Waals surface area contributed by atoms with E-state index in [1.165, 1.54) is 18.2 Å². The summed E-state index contributed by atoms with van der Waals surface area (Å²) in [7, 11) is -2.61. The molecule has 1 unspecified atom stereocenters. The number of rotatable bonds is 15. The molecule has 0 aliphatic heterocycles. The number of ether oxygens (including phenoxy) is 1. The van der Waals surface area contributed by atoms with Crippen LogP contribution in [0.2, 0.25) is 0 Å². The maximum atomic E-state index is 13.1. The highest BCUT2D eigenvalue weighted by Gasteiger charge is 2.31. The van der Waals surface area contributed by atoms with Gasteiger partial charge >= 0.3 is 8.03 Å². The van der Waals surface area contributed by atoms with Crippen LogP contribution in [0.5, 0.6) is 5.75 Å². The number of hydroxylamine groups is 2. The molecule has 212 valence electrons. The van der Waals surface area contributed by atoms with E-state index in [1.807, 2.05) is 30.3 Å². The number of nitrogens with zero attached hydrogens (tertiary/aromatic N) is 1. The molecule has 0 saturated carbocycles. The quantitative estimate of drug-likeness (QED) is 0.0712. The van der Waals surface area contributed by atoms with Crippen LogP contribution in [-0.4, -0.2) is 52.7 Å². The van der Waals surface area contributed by atoms with Gasteiger partial charge in [-0.1, -0.05) is 37.3 Å². The second-order valence-electron chi connectivity index (χ2n) is 8.90. The summed E-state index contributed by atoms with van der Waals surface area (Å²) in [5.41, 5.74) is 1.47.